The van der Waals surface area contributed by atoms with Crippen molar-refractivity contribution in [3.8, 4) is 0 Å². The zero-order chi connectivity index (χ0) is 57.8. The van der Waals surface area contributed by atoms with Crippen LogP contribution in [0.2, 0.25) is 0 Å². The number of carbonyl (C=O) groups is 3. The third kappa shape index (κ3) is 64.9. The van der Waals surface area contributed by atoms with E-state index in [1.807, 2.05) is 0 Å². The number of carbonyl (C=O) groups excluding carboxylic acids is 3. The fraction of sp³-hybridized carbons (Fsp3) is 0.716. The van der Waals surface area contributed by atoms with Crippen molar-refractivity contribution in [3.05, 3.63) is 109 Å². The summed E-state index contributed by atoms with van der Waals surface area (Å²) in [5.41, 5.74) is 0. The van der Waals surface area contributed by atoms with Crippen LogP contribution in [0.3, 0.4) is 0 Å². The molecule has 0 amide bonds. The van der Waals surface area contributed by atoms with Gasteiger partial charge >= 0.3 is 17.9 Å². The second-order valence-corrected chi connectivity index (χ2v) is 22.3. The predicted octanol–water partition coefficient (Wildman–Crippen LogP) is 23.4. The van der Waals surface area contributed by atoms with Gasteiger partial charge in [0.15, 0.2) is 6.10 Å². The highest BCUT2D eigenvalue weighted by Crippen LogP contribution is 2.16. The van der Waals surface area contributed by atoms with Gasteiger partial charge in [-0.25, -0.2) is 0 Å². The number of rotatable bonds is 61. The first kappa shape index (κ1) is 76.1. The number of ether oxygens (including phenoxy) is 3. The molecular weight excluding hydrogens is 985 g/mol. The molecule has 0 fully saturated rings. The molecular formula is C74H126O6. The van der Waals surface area contributed by atoms with Crippen molar-refractivity contribution in [2.75, 3.05) is 13.2 Å². The van der Waals surface area contributed by atoms with Gasteiger partial charge in [-0.1, -0.05) is 284 Å². The highest BCUT2D eigenvalue weighted by Gasteiger charge is 2.19. The van der Waals surface area contributed by atoms with E-state index in [4.69, 9.17) is 14.2 Å². The third-order valence-corrected chi connectivity index (χ3v) is 14.5. The third-order valence-electron chi connectivity index (χ3n) is 14.5. The van der Waals surface area contributed by atoms with Gasteiger partial charge in [-0.2, -0.15) is 0 Å². The number of unbranched alkanes of at least 4 members (excludes halogenated alkanes) is 32. The average molecular weight is 1110 g/mol. The van der Waals surface area contributed by atoms with Gasteiger partial charge in [-0.05, 0) is 128 Å². The molecule has 0 saturated carbocycles. The molecule has 458 valence electrons. The van der Waals surface area contributed by atoms with Crippen molar-refractivity contribution in [1.29, 1.82) is 0 Å². The fourth-order valence-corrected chi connectivity index (χ4v) is 9.41. The molecule has 0 spiro atoms. The maximum absolute atomic E-state index is 12.9. The van der Waals surface area contributed by atoms with Crippen LogP contribution < -0.4 is 0 Å². The largest absolute Gasteiger partial charge is 0.462 e. The second kappa shape index (κ2) is 67.6. The summed E-state index contributed by atoms with van der Waals surface area (Å²) in [6.07, 6.45) is 92.4. The summed E-state index contributed by atoms with van der Waals surface area (Å²) < 4.78 is 17.0. The van der Waals surface area contributed by atoms with Gasteiger partial charge in [0.1, 0.15) is 13.2 Å². The maximum Gasteiger partial charge on any atom is 0.306 e. The fourth-order valence-electron chi connectivity index (χ4n) is 9.41. The Morgan fingerprint density at radius 3 is 0.775 bits per heavy atom. The number of allylic oxidation sites excluding steroid dienone is 18. The number of hydrogen-bond acceptors (Lipinski definition) is 6. The summed E-state index contributed by atoms with van der Waals surface area (Å²) in [6, 6.07) is 0. The number of esters is 3. The minimum absolute atomic E-state index is 0.0890. The molecule has 0 aromatic rings. The Balaban J connectivity index is 4.39. The highest BCUT2D eigenvalue weighted by atomic mass is 16.6. The summed E-state index contributed by atoms with van der Waals surface area (Å²) in [6.45, 7) is 6.50. The average Bonchev–Trinajstić information content (AvgIpc) is 3.46. The topological polar surface area (TPSA) is 78.9 Å². The molecule has 1 unspecified atom stereocenters. The molecule has 6 nitrogen and oxygen atoms in total. The van der Waals surface area contributed by atoms with Crippen LogP contribution in [0.4, 0.5) is 0 Å². The van der Waals surface area contributed by atoms with E-state index in [9.17, 15) is 14.4 Å². The summed E-state index contributed by atoms with van der Waals surface area (Å²) in [5, 5.41) is 0. The first-order valence-electron chi connectivity index (χ1n) is 33.9. The van der Waals surface area contributed by atoms with Crippen LogP contribution in [0.5, 0.6) is 0 Å². The number of hydrogen-bond donors (Lipinski definition) is 0. The molecule has 0 saturated heterocycles. The van der Waals surface area contributed by atoms with Crippen molar-refractivity contribution in [2.45, 2.75) is 329 Å². The zero-order valence-electron chi connectivity index (χ0n) is 52.6. The van der Waals surface area contributed by atoms with E-state index in [2.05, 4.69) is 130 Å². The molecule has 0 aliphatic rings. The Hall–Kier alpha value is -3.93. The van der Waals surface area contributed by atoms with E-state index < -0.39 is 6.10 Å². The molecule has 0 rings (SSSR count). The normalized spacial score (nSPS) is 12.8. The van der Waals surface area contributed by atoms with Crippen LogP contribution in [0.15, 0.2) is 109 Å². The molecule has 6 heteroatoms. The van der Waals surface area contributed by atoms with Gasteiger partial charge in [-0.3, -0.25) is 14.4 Å². The molecule has 0 aromatic carbocycles. The van der Waals surface area contributed by atoms with Crippen LogP contribution in [0, 0.1) is 0 Å². The first-order valence-corrected chi connectivity index (χ1v) is 33.9. The molecule has 0 heterocycles. The van der Waals surface area contributed by atoms with Gasteiger partial charge in [0.25, 0.3) is 0 Å². The van der Waals surface area contributed by atoms with E-state index in [-0.39, 0.29) is 31.1 Å². The first-order chi connectivity index (χ1) is 39.5. The summed E-state index contributed by atoms with van der Waals surface area (Å²) in [7, 11) is 0. The summed E-state index contributed by atoms with van der Waals surface area (Å²) in [4.78, 5) is 38.4. The Bertz CT molecular complexity index is 1610. The smallest absolute Gasteiger partial charge is 0.306 e. The molecule has 0 aromatic heterocycles. The molecule has 0 aliphatic carbocycles. The van der Waals surface area contributed by atoms with Crippen LogP contribution in [0.25, 0.3) is 0 Å². The van der Waals surface area contributed by atoms with Crippen LogP contribution in [0.1, 0.15) is 323 Å². The molecule has 1 atom stereocenters. The van der Waals surface area contributed by atoms with Crippen molar-refractivity contribution in [2.24, 2.45) is 0 Å². The summed E-state index contributed by atoms with van der Waals surface area (Å²) in [5.74, 6) is -0.907. The van der Waals surface area contributed by atoms with E-state index >= 15 is 0 Å². The maximum atomic E-state index is 12.9. The lowest BCUT2D eigenvalue weighted by Gasteiger charge is -2.18. The molecule has 0 aliphatic heterocycles. The SMILES string of the molecule is CC/C=C\C/C=C\C/C=C\C/C=C\CCCCCCCCCCCCCCC(=O)OCC(COC(=O)CCCCCCC/C=C\C/C=C\CCCCCC)OC(=O)CCCCCCCC/C=C\C/C=C\C/C=C\CCCCCCC. The van der Waals surface area contributed by atoms with Crippen molar-refractivity contribution in [1.82, 2.24) is 0 Å². The quantitative estimate of drug-likeness (QED) is 0.0261. The monoisotopic (exact) mass is 1110 g/mol. The lowest BCUT2D eigenvalue weighted by molar-refractivity contribution is -0.167. The lowest BCUT2D eigenvalue weighted by atomic mass is 10.0. The Kier molecular flexibility index (Phi) is 64.3. The van der Waals surface area contributed by atoms with Gasteiger partial charge in [0.2, 0.25) is 0 Å². The Morgan fingerprint density at radius 2 is 0.487 bits per heavy atom. The highest BCUT2D eigenvalue weighted by molar-refractivity contribution is 5.71. The van der Waals surface area contributed by atoms with Crippen LogP contribution in [-0.2, 0) is 28.6 Å². The predicted molar refractivity (Wildman–Crippen MR) is 348 cm³/mol. The Morgan fingerprint density at radius 1 is 0.263 bits per heavy atom. The van der Waals surface area contributed by atoms with E-state index in [0.29, 0.717) is 19.3 Å². The van der Waals surface area contributed by atoms with Gasteiger partial charge in [-0.15, -0.1) is 0 Å². The van der Waals surface area contributed by atoms with Crippen molar-refractivity contribution >= 4 is 17.9 Å². The van der Waals surface area contributed by atoms with E-state index in [1.165, 1.54) is 148 Å². The van der Waals surface area contributed by atoms with E-state index in [0.717, 1.165) is 135 Å². The van der Waals surface area contributed by atoms with E-state index in [1.54, 1.807) is 0 Å². The zero-order valence-corrected chi connectivity index (χ0v) is 52.6. The minimum atomic E-state index is -0.795. The lowest BCUT2D eigenvalue weighted by Crippen LogP contribution is -2.30. The molecule has 0 bridgehead atoms. The van der Waals surface area contributed by atoms with Crippen LogP contribution in [-0.4, -0.2) is 37.2 Å². The molecule has 0 radical (unpaired) electrons. The molecule has 0 N–H and O–H groups in total. The van der Waals surface area contributed by atoms with Gasteiger partial charge in [0, 0.05) is 19.3 Å². The van der Waals surface area contributed by atoms with Gasteiger partial charge in [0.05, 0.1) is 0 Å². The molecule has 80 heavy (non-hydrogen) atoms. The van der Waals surface area contributed by atoms with Crippen molar-refractivity contribution < 1.29 is 28.6 Å². The standard InChI is InChI=1S/C74H126O6/c1-4-7-10-13-16-19-22-25-28-31-33-35-36-37-38-40-41-43-46-49-52-55-58-61-64-67-73(76)79-70-71(69-78-72(75)66-63-60-57-54-51-48-45-30-27-24-21-18-15-12-9-6-3)80-74(77)68-65-62-59-56-53-50-47-44-42-39-34-32-29-26-23-20-17-14-11-8-5-2/h7,10,16,19,21,23-26,28,30,32-35,42,44-45,71H,4-6,8-9,11-15,17-18,20,22,27,29,31,36-41,43,46-70H2,1-3H3/b10-7-,19-16-,24-21-,26-23-,28-25-,34-32-,35-33-,44-42-,45-30-. The van der Waals surface area contributed by atoms with Crippen LogP contribution >= 0.6 is 0 Å². The van der Waals surface area contributed by atoms with Gasteiger partial charge < -0.3 is 14.2 Å². The minimum Gasteiger partial charge on any atom is -0.462 e. The summed E-state index contributed by atoms with van der Waals surface area (Å²) >= 11 is 0. The van der Waals surface area contributed by atoms with Crippen molar-refractivity contribution in [3.63, 3.8) is 0 Å². The Labute approximate surface area is 495 Å². The second-order valence-electron chi connectivity index (χ2n) is 22.3.